The molecule has 6 nitrogen and oxygen atoms in total. The fraction of sp³-hybridized carbons (Fsp3) is 0.250. The van der Waals surface area contributed by atoms with Gasteiger partial charge in [0.05, 0.1) is 7.11 Å². The van der Waals surface area contributed by atoms with Crippen LogP contribution in [0.3, 0.4) is 0 Å². The highest BCUT2D eigenvalue weighted by molar-refractivity contribution is 5.92. The Kier molecular flexibility index (Phi) is 3.92. The van der Waals surface area contributed by atoms with Crippen LogP contribution in [-0.2, 0) is 6.54 Å². The van der Waals surface area contributed by atoms with E-state index >= 15 is 0 Å². The summed E-state index contributed by atoms with van der Waals surface area (Å²) in [6, 6.07) is 6.40. The average molecular weight is 283 g/mol. The Morgan fingerprint density at radius 2 is 2.25 bits per heavy atom. The van der Waals surface area contributed by atoms with E-state index in [2.05, 4.69) is 10.3 Å². The summed E-state index contributed by atoms with van der Waals surface area (Å²) in [5.74, 6) is -0.855. The smallest absolute Gasteiger partial charge is 0.358 e. The fourth-order valence-electron chi connectivity index (χ4n) is 1.77. The molecule has 0 fully saturated rings. The standard InChI is InChI=1S/C12H11F2N3O3/c1-20-8-4-2-3-7(5-8)11-10(12(18)19)15-16-17(11)6-9(13)14/h2-5,9H,6H2,1H3,(H,18,19). The minimum absolute atomic E-state index is 0.0247. The lowest BCUT2D eigenvalue weighted by Gasteiger charge is -2.08. The maximum Gasteiger partial charge on any atom is 0.358 e. The quantitative estimate of drug-likeness (QED) is 0.907. The maximum absolute atomic E-state index is 12.5. The molecule has 106 valence electrons. The molecule has 0 atom stereocenters. The molecule has 0 radical (unpaired) electrons. The van der Waals surface area contributed by atoms with Crippen molar-refractivity contribution in [2.45, 2.75) is 13.0 Å². The molecule has 0 saturated heterocycles. The van der Waals surface area contributed by atoms with Crippen LogP contribution < -0.4 is 4.74 Å². The second kappa shape index (κ2) is 5.64. The molecule has 2 aromatic rings. The highest BCUT2D eigenvalue weighted by Crippen LogP contribution is 2.26. The largest absolute Gasteiger partial charge is 0.497 e. The van der Waals surface area contributed by atoms with Gasteiger partial charge in [0.2, 0.25) is 0 Å². The first-order valence-electron chi connectivity index (χ1n) is 5.62. The zero-order valence-corrected chi connectivity index (χ0v) is 10.5. The molecule has 1 aromatic heterocycles. The molecular formula is C12H11F2N3O3. The van der Waals surface area contributed by atoms with Crippen molar-refractivity contribution in [2.24, 2.45) is 0 Å². The summed E-state index contributed by atoms with van der Waals surface area (Å²) >= 11 is 0. The Bertz CT molecular complexity index is 628. The molecule has 2 rings (SSSR count). The maximum atomic E-state index is 12.5. The lowest BCUT2D eigenvalue weighted by Crippen LogP contribution is -2.10. The van der Waals surface area contributed by atoms with Gasteiger partial charge in [0, 0.05) is 5.56 Å². The molecular weight excluding hydrogens is 272 g/mol. The van der Waals surface area contributed by atoms with Crippen molar-refractivity contribution in [3.8, 4) is 17.0 Å². The number of halogens is 2. The number of methoxy groups -OCH3 is 1. The number of rotatable bonds is 5. The molecule has 0 saturated carbocycles. The number of nitrogens with zero attached hydrogens (tertiary/aromatic N) is 3. The van der Waals surface area contributed by atoms with Gasteiger partial charge in [-0.05, 0) is 12.1 Å². The zero-order valence-electron chi connectivity index (χ0n) is 10.5. The average Bonchev–Trinajstić information content (AvgIpc) is 2.81. The van der Waals surface area contributed by atoms with E-state index < -0.39 is 18.9 Å². The molecule has 8 heteroatoms. The van der Waals surface area contributed by atoms with Crippen LogP contribution in [0.4, 0.5) is 8.78 Å². The van der Waals surface area contributed by atoms with Gasteiger partial charge in [0.25, 0.3) is 6.43 Å². The van der Waals surface area contributed by atoms with Crippen molar-refractivity contribution in [1.29, 1.82) is 0 Å². The Labute approximate surface area is 112 Å². The molecule has 0 aliphatic carbocycles. The number of benzene rings is 1. The molecule has 0 aliphatic heterocycles. The van der Waals surface area contributed by atoms with Gasteiger partial charge in [-0.2, -0.15) is 0 Å². The Morgan fingerprint density at radius 3 is 2.85 bits per heavy atom. The highest BCUT2D eigenvalue weighted by atomic mass is 19.3. The number of hydrogen-bond donors (Lipinski definition) is 1. The summed E-state index contributed by atoms with van der Waals surface area (Å²) in [5, 5.41) is 16.0. The van der Waals surface area contributed by atoms with Gasteiger partial charge in [0.15, 0.2) is 5.69 Å². The van der Waals surface area contributed by atoms with Gasteiger partial charge >= 0.3 is 5.97 Å². The second-order valence-electron chi connectivity index (χ2n) is 3.90. The summed E-state index contributed by atoms with van der Waals surface area (Å²) in [6.07, 6.45) is -2.66. The summed E-state index contributed by atoms with van der Waals surface area (Å²) in [7, 11) is 1.45. The summed E-state index contributed by atoms with van der Waals surface area (Å²) in [5.41, 5.74) is 0.0444. The van der Waals surface area contributed by atoms with Gasteiger partial charge in [-0.15, -0.1) is 5.10 Å². The van der Waals surface area contributed by atoms with E-state index in [-0.39, 0.29) is 11.4 Å². The third-order valence-corrected chi connectivity index (χ3v) is 2.59. The van der Waals surface area contributed by atoms with Gasteiger partial charge in [-0.1, -0.05) is 17.3 Å². The molecule has 1 N–H and O–H groups in total. The van der Waals surface area contributed by atoms with Gasteiger partial charge in [0.1, 0.15) is 18.0 Å². The molecule has 1 heterocycles. The zero-order chi connectivity index (χ0) is 14.7. The molecule has 0 bridgehead atoms. The minimum atomic E-state index is -2.66. The van der Waals surface area contributed by atoms with E-state index in [4.69, 9.17) is 9.84 Å². The number of carboxylic acid groups (broad SMARTS) is 1. The number of aromatic carboxylic acids is 1. The first-order chi connectivity index (χ1) is 9.52. The number of carbonyl (C=O) groups is 1. The predicted octanol–water partition coefficient (Wildman–Crippen LogP) is 1.92. The second-order valence-corrected chi connectivity index (χ2v) is 3.90. The van der Waals surface area contributed by atoms with Crippen molar-refractivity contribution >= 4 is 5.97 Å². The molecule has 0 unspecified atom stereocenters. The van der Waals surface area contributed by atoms with Gasteiger partial charge < -0.3 is 9.84 Å². The number of aromatic nitrogens is 3. The van der Waals surface area contributed by atoms with Crippen LogP contribution in [0.25, 0.3) is 11.3 Å². The van der Waals surface area contributed by atoms with Crippen molar-refractivity contribution in [3.05, 3.63) is 30.0 Å². The van der Waals surface area contributed by atoms with E-state index in [0.717, 1.165) is 4.68 Å². The summed E-state index contributed by atoms with van der Waals surface area (Å²) in [6.45, 7) is -0.729. The lowest BCUT2D eigenvalue weighted by atomic mass is 10.1. The van der Waals surface area contributed by atoms with Crippen LogP contribution in [0.5, 0.6) is 5.75 Å². The van der Waals surface area contributed by atoms with Crippen LogP contribution in [0.15, 0.2) is 24.3 Å². The Balaban J connectivity index is 2.56. The highest BCUT2D eigenvalue weighted by Gasteiger charge is 2.22. The number of alkyl halides is 2. The first kappa shape index (κ1) is 13.9. The number of ether oxygens (including phenoxy) is 1. The summed E-state index contributed by atoms with van der Waals surface area (Å²) < 4.78 is 30.9. The van der Waals surface area contributed by atoms with Crippen LogP contribution in [0.2, 0.25) is 0 Å². The number of carboxylic acids is 1. The third-order valence-electron chi connectivity index (χ3n) is 2.59. The molecule has 0 aliphatic rings. The van der Waals surface area contributed by atoms with E-state index in [9.17, 15) is 13.6 Å². The van der Waals surface area contributed by atoms with Crippen molar-refractivity contribution in [2.75, 3.05) is 7.11 Å². The van der Waals surface area contributed by atoms with Crippen LogP contribution in [-0.4, -0.2) is 39.6 Å². The first-order valence-corrected chi connectivity index (χ1v) is 5.62. The van der Waals surface area contributed by atoms with Gasteiger partial charge in [-0.3, -0.25) is 0 Å². The van der Waals surface area contributed by atoms with E-state index in [0.29, 0.717) is 11.3 Å². The van der Waals surface area contributed by atoms with E-state index in [1.54, 1.807) is 18.2 Å². The molecule has 0 spiro atoms. The summed E-state index contributed by atoms with van der Waals surface area (Å²) in [4.78, 5) is 11.1. The number of hydrogen-bond acceptors (Lipinski definition) is 4. The minimum Gasteiger partial charge on any atom is -0.497 e. The van der Waals surface area contributed by atoms with Gasteiger partial charge in [-0.25, -0.2) is 18.3 Å². The van der Waals surface area contributed by atoms with E-state index in [1.807, 2.05) is 0 Å². The fourth-order valence-corrected chi connectivity index (χ4v) is 1.77. The van der Waals surface area contributed by atoms with E-state index in [1.165, 1.54) is 13.2 Å². The normalized spacial score (nSPS) is 10.8. The third kappa shape index (κ3) is 2.73. The van der Waals surface area contributed by atoms with Crippen LogP contribution >= 0.6 is 0 Å². The van der Waals surface area contributed by atoms with Crippen molar-refractivity contribution < 1.29 is 23.4 Å². The molecule has 20 heavy (non-hydrogen) atoms. The molecule has 1 aromatic carbocycles. The monoisotopic (exact) mass is 283 g/mol. The van der Waals surface area contributed by atoms with Crippen LogP contribution in [0.1, 0.15) is 10.5 Å². The molecule has 0 amide bonds. The van der Waals surface area contributed by atoms with Crippen molar-refractivity contribution in [1.82, 2.24) is 15.0 Å². The Hall–Kier alpha value is -2.51. The Morgan fingerprint density at radius 1 is 1.50 bits per heavy atom. The van der Waals surface area contributed by atoms with Crippen molar-refractivity contribution in [3.63, 3.8) is 0 Å². The SMILES string of the molecule is COc1cccc(-c2c(C(=O)O)nnn2CC(F)F)c1. The lowest BCUT2D eigenvalue weighted by molar-refractivity contribution is 0.0691. The van der Waals surface area contributed by atoms with Crippen LogP contribution in [0, 0.1) is 0 Å². The predicted molar refractivity (Wildman–Crippen MR) is 65.0 cm³/mol. The topological polar surface area (TPSA) is 77.2 Å².